The predicted molar refractivity (Wildman–Crippen MR) is 56.8 cm³/mol. The zero-order valence-electron chi connectivity index (χ0n) is 9.29. The molecule has 2 rings (SSSR count). The van der Waals surface area contributed by atoms with Crippen LogP contribution in [-0.2, 0) is 0 Å². The van der Waals surface area contributed by atoms with Crippen molar-refractivity contribution in [2.24, 2.45) is 11.8 Å². The molecule has 0 saturated heterocycles. The van der Waals surface area contributed by atoms with Crippen molar-refractivity contribution in [1.82, 2.24) is 4.90 Å². The van der Waals surface area contributed by atoms with E-state index in [2.05, 4.69) is 25.8 Å². The van der Waals surface area contributed by atoms with Gasteiger partial charge in [0.05, 0.1) is 0 Å². The molecule has 2 saturated carbocycles. The van der Waals surface area contributed by atoms with Gasteiger partial charge in [-0.1, -0.05) is 13.8 Å². The SMILES string of the molecule is CC1CCC(N(C)C2CC2)C(C)C1. The molecular formula is C12H23N. The smallest absolute Gasteiger partial charge is 0.0121 e. The first kappa shape index (κ1) is 9.51. The van der Waals surface area contributed by atoms with E-state index < -0.39 is 0 Å². The summed E-state index contributed by atoms with van der Waals surface area (Å²) in [5.74, 6) is 1.90. The highest BCUT2D eigenvalue weighted by molar-refractivity contribution is 4.90. The van der Waals surface area contributed by atoms with Crippen molar-refractivity contribution < 1.29 is 0 Å². The normalized spacial score (nSPS) is 41.1. The van der Waals surface area contributed by atoms with E-state index in [4.69, 9.17) is 0 Å². The van der Waals surface area contributed by atoms with E-state index in [0.717, 1.165) is 23.9 Å². The van der Waals surface area contributed by atoms with Crippen LogP contribution < -0.4 is 0 Å². The van der Waals surface area contributed by atoms with E-state index in [1.807, 2.05) is 0 Å². The third-order valence-electron chi connectivity index (χ3n) is 4.03. The lowest BCUT2D eigenvalue weighted by Gasteiger charge is -2.38. The summed E-state index contributed by atoms with van der Waals surface area (Å²) in [6.07, 6.45) is 7.24. The highest BCUT2D eigenvalue weighted by atomic mass is 15.2. The van der Waals surface area contributed by atoms with E-state index in [9.17, 15) is 0 Å². The maximum Gasteiger partial charge on any atom is 0.0121 e. The molecule has 0 bridgehead atoms. The van der Waals surface area contributed by atoms with Crippen LogP contribution in [0.1, 0.15) is 46.0 Å². The van der Waals surface area contributed by atoms with Crippen molar-refractivity contribution in [2.75, 3.05) is 7.05 Å². The summed E-state index contributed by atoms with van der Waals surface area (Å²) in [6, 6.07) is 1.84. The van der Waals surface area contributed by atoms with Gasteiger partial charge in [-0.15, -0.1) is 0 Å². The summed E-state index contributed by atoms with van der Waals surface area (Å²) in [4.78, 5) is 2.66. The molecule has 2 fully saturated rings. The highest BCUT2D eigenvalue weighted by Crippen LogP contribution is 2.36. The second-order valence-corrected chi connectivity index (χ2v) is 5.36. The van der Waals surface area contributed by atoms with E-state index in [1.54, 1.807) is 0 Å². The van der Waals surface area contributed by atoms with Gasteiger partial charge in [0.25, 0.3) is 0 Å². The van der Waals surface area contributed by atoms with Gasteiger partial charge in [0.15, 0.2) is 0 Å². The molecule has 76 valence electrons. The predicted octanol–water partition coefficient (Wildman–Crippen LogP) is 2.91. The first-order valence-electron chi connectivity index (χ1n) is 5.90. The Kier molecular flexibility index (Phi) is 2.64. The molecule has 3 atom stereocenters. The Balaban J connectivity index is 1.90. The molecule has 1 heteroatoms. The Morgan fingerprint density at radius 3 is 2.23 bits per heavy atom. The third kappa shape index (κ3) is 2.07. The Labute approximate surface area is 82.5 Å². The average molecular weight is 181 g/mol. The molecule has 0 aromatic heterocycles. The molecule has 13 heavy (non-hydrogen) atoms. The van der Waals surface area contributed by atoms with E-state index in [1.165, 1.54) is 32.1 Å². The molecule has 0 aromatic rings. The molecule has 2 aliphatic carbocycles. The van der Waals surface area contributed by atoms with Gasteiger partial charge in [-0.2, -0.15) is 0 Å². The van der Waals surface area contributed by atoms with Gasteiger partial charge in [-0.3, -0.25) is 0 Å². The zero-order valence-corrected chi connectivity index (χ0v) is 9.29. The summed E-state index contributed by atoms with van der Waals surface area (Å²) < 4.78 is 0. The number of hydrogen-bond donors (Lipinski definition) is 0. The summed E-state index contributed by atoms with van der Waals surface area (Å²) in [7, 11) is 2.34. The molecule has 0 aromatic carbocycles. The van der Waals surface area contributed by atoms with Gasteiger partial charge in [-0.05, 0) is 51.0 Å². The van der Waals surface area contributed by atoms with Crippen LogP contribution in [0, 0.1) is 11.8 Å². The lowest BCUT2D eigenvalue weighted by molar-refractivity contribution is 0.111. The first-order chi connectivity index (χ1) is 6.18. The van der Waals surface area contributed by atoms with Crippen molar-refractivity contribution in [3.63, 3.8) is 0 Å². The van der Waals surface area contributed by atoms with Crippen LogP contribution in [0.5, 0.6) is 0 Å². The molecule has 0 heterocycles. The molecule has 0 N–H and O–H groups in total. The Morgan fingerprint density at radius 1 is 1.00 bits per heavy atom. The van der Waals surface area contributed by atoms with Crippen molar-refractivity contribution in [3.8, 4) is 0 Å². The van der Waals surface area contributed by atoms with Crippen molar-refractivity contribution in [3.05, 3.63) is 0 Å². The minimum absolute atomic E-state index is 0.892. The number of hydrogen-bond acceptors (Lipinski definition) is 1. The Bertz CT molecular complexity index is 174. The standard InChI is InChI=1S/C12H23N/c1-9-4-7-12(10(2)8-9)13(3)11-5-6-11/h9-12H,4-8H2,1-3H3. The summed E-state index contributed by atoms with van der Waals surface area (Å²) in [6.45, 7) is 4.85. The largest absolute Gasteiger partial charge is 0.300 e. The van der Waals surface area contributed by atoms with E-state index in [-0.39, 0.29) is 0 Å². The van der Waals surface area contributed by atoms with Crippen molar-refractivity contribution in [2.45, 2.75) is 58.0 Å². The Morgan fingerprint density at radius 2 is 1.69 bits per heavy atom. The average Bonchev–Trinajstić information content (AvgIpc) is 2.85. The fourth-order valence-corrected chi connectivity index (χ4v) is 3.01. The van der Waals surface area contributed by atoms with Gasteiger partial charge in [0.1, 0.15) is 0 Å². The van der Waals surface area contributed by atoms with Gasteiger partial charge in [0, 0.05) is 12.1 Å². The fraction of sp³-hybridized carbons (Fsp3) is 1.00. The van der Waals surface area contributed by atoms with Gasteiger partial charge in [0.2, 0.25) is 0 Å². The van der Waals surface area contributed by atoms with Crippen LogP contribution in [0.4, 0.5) is 0 Å². The van der Waals surface area contributed by atoms with Crippen LogP contribution in [0.3, 0.4) is 0 Å². The van der Waals surface area contributed by atoms with Crippen LogP contribution in [-0.4, -0.2) is 24.0 Å². The maximum absolute atomic E-state index is 2.66. The van der Waals surface area contributed by atoms with Gasteiger partial charge in [-0.25, -0.2) is 0 Å². The second kappa shape index (κ2) is 3.61. The van der Waals surface area contributed by atoms with Crippen LogP contribution in [0.15, 0.2) is 0 Å². The lowest BCUT2D eigenvalue weighted by atomic mass is 9.79. The highest BCUT2D eigenvalue weighted by Gasteiger charge is 2.35. The quantitative estimate of drug-likeness (QED) is 0.633. The van der Waals surface area contributed by atoms with Gasteiger partial charge >= 0.3 is 0 Å². The molecule has 0 amide bonds. The third-order valence-corrected chi connectivity index (χ3v) is 4.03. The molecular weight excluding hydrogens is 158 g/mol. The number of nitrogens with zero attached hydrogens (tertiary/aromatic N) is 1. The monoisotopic (exact) mass is 181 g/mol. The molecule has 3 unspecified atom stereocenters. The molecule has 0 spiro atoms. The first-order valence-corrected chi connectivity index (χ1v) is 5.90. The second-order valence-electron chi connectivity index (χ2n) is 5.36. The number of rotatable bonds is 2. The molecule has 0 aliphatic heterocycles. The zero-order chi connectivity index (χ0) is 9.42. The molecule has 2 aliphatic rings. The fourth-order valence-electron chi connectivity index (χ4n) is 3.01. The minimum atomic E-state index is 0.892. The minimum Gasteiger partial charge on any atom is -0.300 e. The van der Waals surface area contributed by atoms with Crippen molar-refractivity contribution in [1.29, 1.82) is 0 Å². The molecule has 1 nitrogen and oxygen atoms in total. The topological polar surface area (TPSA) is 3.24 Å². The van der Waals surface area contributed by atoms with Crippen LogP contribution >= 0.6 is 0 Å². The van der Waals surface area contributed by atoms with E-state index >= 15 is 0 Å². The maximum atomic E-state index is 2.66. The summed E-state index contributed by atoms with van der Waals surface area (Å²) in [5, 5.41) is 0. The van der Waals surface area contributed by atoms with Crippen molar-refractivity contribution >= 4 is 0 Å². The van der Waals surface area contributed by atoms with Crippen LogP contribution in [0.25, 0.3) is 0 Å². The van der Waals surface area contributed by atoms with E-state index in [0.29, 0.717) is 0 Å². The molecule has 0 radical (unpaired) electrons. The Hall–Kier alpha value is -0.0400. The van der Waals surface area contributed by atoms with Gasteiger partial charge < -0.3 is 4.90 Å². The summed E-state index contributed by atoms with van der Waals surface area (Å²) in [5.41, 5.74) is 0. The lowest BCUT2D eigenvalue weighted by Crippen LogP contribution is -2.41. The summed E-state index contributed by atoms with van der Waals surface area (Å²) >= 11 is 0. The van der Waals surface area contributed by atoms with Crippen LogP contribution in [0.2, 0.25) is 0 Å².